The monoisotopic (exact) mass is 341 g/mol. The predicted octanol–water partition coefficient (Wildman–Crippen LogP) is 6.20. The summed E-state index contributed by atoms with van der Waals surface area (Å²) in [7, 11) is 0. The van der Waals surface area contributed by atoms with Crippen molar-refractivity contribution in [2.24, 2.45) is 5.92 Å². The predicted molar refractivity (Wildman–Crippen MR) is 103 cm³/mol. The van der Waals surface area contributed by atoms with Gasteiger partial charge in [-0.25, -0.2) is 0 Å². The third kappa shape index (κ3) is 3.82. The highest BCUT2D eigenvalue weighted by Crippen LogP contribution is 2.36. The van der Waals surface area contributed by atoms with Crippen LogP contribution in [0.1, 0.15) is 31.6 Å². The van der Waals surface area contributed by atoms with Gasteiger partial charge in [0.1, 0.15) is 11.3 Å². The van der Waals surface area contributed by atoms with Crippen molar-refractivity contribution in [2.45, 2.75) is 33.7 Å². The van der Waals surface area contributed by atoms with E-state index in [9.17, 15) is 0 Å². The van der Waals surface area contributed by atoms with Crippen LogP contribution < -0.4 is 5.32 Å². The van der Waals surface area contributed by atoms with Crippen molar-refractivity contribution in [3.63, 3.8) is 0 Å². The lowest BCUT2D eigenvalue weighted by molar-refractivity contribution is 0.488. The summed E-state index contributed by atoms with van der Waals surface area (Å²) < 4.78 is 6.15. The number of furan rings is 1. The summed E-state index contributed by atoms with van der Waals surface area (Å²) in [5.74, 6) is 1.69. The van der Waals surface area contributed by atoms with Gasteiger partial charge in [0.15, 0.2) is 0 Å². The number of nitrogens with one attached hydrogen (secondary N) is 1. The van der Waals surface area contributed by atoms with Crippen molar-refractivity contribution >= 4 is 22.6 Å². The molecule has 0 aliphatic carbocycles. The molecule has 0 atom stereocenters. The molecule has 0 amide bonds. The second kappa shape index (κ2) is 7.42. The molecule has 3 heteroatoms. The maximum absolute atomic E-state index is 6.15. The topological polar surface area (TPSA) is 25.2 Å². The molecule has 0 aliphatic heterocycles. The first-order chi connectivity index (χ1) is 11.5. The van der Waals surface area contributed by atoms with Crippen molar-refractivity contribution in [1.82, 2.24) is 5.32 Å². The highest BCUT2D eigenvalue weighted by Gasteiger charge is 2.16. The zero-order chi connectivity index (χ0) is 17.1. The van der Waals surface area contributed by atoms with Gasteiger partial charge >= 0.3 is 0 Å². The minimum Gasteiger partial charge on any atom is -0.459 e. The van der Waals surface area contributed by atoms with Crippen LogP contribution in [0, 0.1) is 12.8 Å². The van der Waals surface area contributed by atoms with Crippen LogP contribution in [0.2, 0.25) is 5.02 Å². The molecule has 0 aliphatic rings. The number of fused-ring (bicyclic) bond motifs is 1. The van der Waals surface area contributed by atoms with Gasteiger partial charge in [-0.15, -0.1) is 0 Å². The Hall–Kier alpha value is -1.77. The lowest BCUT2D eigenvalue weighted by atomic mass is 10.0. The first-order valence-electron chi connectivity index (χ1n) is 8.53. The van der Waals surface area contributed by atoms with Crippen LogP contribution >= 0.6 is 11.6 Å². The van der Waals surface area contributed by atoms with E-state index in [0.29, 0.717) is 5.92 Å². The molecule has 126 valence electrons. The molecular formula is C21H24ClNO. The van der Waals surface area contributed by atoms with Crippen LogP contribution in [-0.2, 0) is 6.54 Å². The summed E-state index contributed by atoms with van der Waals surface area (Å²) >= 11 is 6.05. The second-order valence-corrected chi connectivity index (χ2v) is 7.20. The van der Waals surface area contributed by atoms with Crippen LogP contribution in [0.3, 0.4) is 0 Å². The van der Waals surface area contributed by atoms with Crippen LogP contribution in [-0.4, -0.2) is 6.54 Å². The molecule has 0 fully saturated rings. The molecule has 2 nitrogen and oxygen atoms in total. The van der Waals surface area contributed by atoms with E-state index in [1.165, 1.54) is 11.1 Å². The van der Waals surface area contributed by atoms with Crippen molar-refractivity contribution in [3.05, 3.63) is 58.8 Å². The lowest BCUT2D eigenvalue weighted by Crippen LogP contribution is -2.16. The van der Waals surface area contributed by atoms with Gasteiger partial charge < -0.3 is 9.73 Å². The third-order valence-electron chi connectivity index (χ3n) is 4.23. The molecule has 1 N–H and O–H groups in total. The highest BCUT2D eigenvalue weighted by atomic mass is 35.5. The van der Waals surface area contributed by atoms with Crippen molar-refractivity contribution in [1.29, 1.82) is 0 Å². The van der Waals surface area contributed by atoms with Gasteiger partial charge in [-0.1, -0.05) is 49.2 Å². The van der Waals surface area contributed by atoms with Crippen LogP contribution in [0.5, 0.6) is 0 Å². The summed E-state index contributed by atoms with van der Waals surface area (Å²) in [5.41, 5.74) is 4.48. The summed E-state index contributed by atoms with van der Waals surface area (Å²) in [6.07, 6.45) is 1.16. The Labute approximate surface area is 148 Å². The Morgan fingerprint density at radius 3 is 2.54 bits per heavy atom. The van der Waals surface area contributed by atoms with Gasteiger partial charge in [0, 0.05) is 16.0 Å². The van der Waals surface area contributed by atoms with E-state index < -0.39 is 0 Å². The lowest BCUT2D eigenvalue weighted by Gasteiger charge is -2.07. The third-order valence-corrected chi connectivity index (χ3v) is 4.49. The minimum absolute atomic E-state index is 0.701. The van der Waals surface area contributed by atoms with E-state index in [2.05, 4.69) is 56.4 Å². The van der Waals surface area contributed by atoms with Gasteiger partial charge in [-0.2, -0.15) is 0 Å². The van der Waals surface area contributed by atoms with Gasteiger partial charge in [-0.3, -0.25) is 0 Å². The summed E-state index contributed by atoms with van der Waals surface area (Å²) in [6.45, 7) is 8.32. The van der Waals surface area contributed by atoms with Crippen LogP contribution in [0.25, 0.3) is 22.1 Å². The van der Waals surface area contributed by atoms with E-state index in [4.69, 9.17) is 16.0 Å². The number of benzene rings is 2. The first-order valence-corrected chi connectivity index (χ1v) is 8.91. The number of halogens is 1. The normalized spacial score (nSPS) is 11.5. The molecule has 0 saturated carbocycles. The Morgan fingerprint density at radius 1 is 1.08 bits per heavy atom. The minimum atomic E-state index is 0.701. The Bertz CT molecular complexity index is 818. The van der Waals surface area contributed by atoms with E-state index in [0.717, 1.165) is 46.8 Å². The quantitative estimate of drug-likeness (QED) is 0.540. The molecule has 3 aromatic rings. The largest absolute Gasteiger partial charge is 0.459 e. The number of hydrogen-bond donors (Lipinski definition) is 1. The van der Waals surface area contributed by atoms with Crippen molar-refractivity contribution < 1.29 is 4.42 Å². The molecule has 2 aromatic carbocycles. The maximum Gasteiger partial charge on any atom is 0.135 e. The van der Waals surface area contributed by atoms with E-state index >= 15 is 0 Å². The number of aryl methyl sites for hydroxylation is 1. The van der Waals surface area contributed by atoms with E-state index in [-0.39, 0.29) is 0 Å². The van der Waals surface area contributed by atoms with E-state index in [1.54, 1.807) is 0 Å². The molecule has 0 spiro atoms. The molecule has 0 saturated heterocycles. The smallest absolute Gasteiger partial charge is 0.135 e. The second-order valence-electron chi connectivity index (χ2n) is 6.77. The van der Waals surface area contributed by atoms with Gasteiger partial charge in [0.25, 0.3) is 0 Å². The molecule has 0 unspecified atom stereocenters. The number of hydrogen-bond acceptors (Lipinski definition) is 2. The molecule has 0 radical (unpaired) electrons. The van der Waals surface area contributed by atoms with Crippen molar-refractivity contribution in [3.8, 4) is 11.1 Å². The molecule has 1 heterocycles. The maximum atomic E-state index is 6.15. The number of rotatable bonds is 6. The average molecular weight is 342 g/mol. The van der Waals surface area contributed by atoms with E-state index in [1.807, 2.05) is 12.1 Å². The zero-order valence-electron chi connectivity index (χ0n) is 14.5. The summed E-state index contributed by atoms with van der Waals surface area (Å²) in [5, 5.41) is 5.42. The summed E-state index contributed by atoms with van der Waals surface area (Å²) in [4.78, 5) is 0. The van der Waals surface area contributed by atoms with Gasteiger partial charge in [-0.05, 0) is 55.6 Å². The highest BCUT2D eigenvalue weighted by molar-refractivity contribution is 6.30. The van der Waals surface area contributed by atoms with Crippen molar-refractivity contribution in [2.75, 3.05) is 6.54 Å². The average Bonchev–Trinajstić information content (AvgIpc) is 2.90. The first kappa shape index (κ1) is 17.1. The molecule has 24 heavy (non-hydrogen) atoms. The Kier molecular flexibility index (Phi) is 5.27. The Morgan fingerprint density at radius 2 is 1.83 bits per heavy atom. The van der Waals surface area contributed by atoms with Gasteiger partial charge in [0.2, 0.25) is 0 Å². The molecule has 3 rings (SSSR count). The standard InChI is InChI=1S/C21H24ClNO/c1-14(2)10-11-23-13-20-21(16-5-7-17(22)8-6-16)18-12-15(3)4-9-19(18)24-20/h4-9,12,14,23H,10-11,13H2,1-3H3. The fourth-order valence-electron chi connectivity index (χ4n) is 2.91. The fourth-order valence-corrected chi connectivity index (χ4v) is 3.04. The molecular weight excluding hydrogens is 318 g/mol. The van der Waals surface area contributed by atoms with Gasteiger partial charge in [0.05, 0.1) is 6.54 Å². The van der Waals surface area contributed by atoms with Crippen LogP contribution in [0.15, 0.2) is 46.9 Å². The fraction of sp³-hybridized carbons (Fsp3) is 0.333. The molecule has 1 aromatic heterocycles. The van der Waals surface area contributed by atoms with Crippen LogP contribution in [0.4, 0.5) is 0 Å². The Balaban J connectivity index is 1.97. The SMILES string of the molecule is Cc1ccc2oc(CNCCC(C)C)c(-c3ccc(Cl)cc3)c2c1. The summed E-state index contributed by atoms with van der Waals surface area (Å²) in [6, 6.07) is 14.3. The zero-order valence-corrected chi connectivity index (χ0v) is 15.3. The molecule has 0 bridgehead atoms.